The van der Waals surface area contributed by atoms with Crippen LogP contribution in [0.15, 0.2) is 29.4 Å². The Balaban J connectivity index is 1.70. The second-order valence-corrected chi connectivity index (χ2v) is 5.16. The number of carbonyl (C=O) groups excluding carboxylic acids is 1. The van der Waals surface area contributed by atoms with E-state index in [-0.39, 0.29) is 5.91 Å². The van der Waals surface area contributed by atoms with E-state index in [0.29, 0.717) is 24.4 Å². The van der Waals surface area contributed by atoms with Crippen LogP contribution in [0.1, 0.15) is 36.8 Å². The molecule has 0 unspecified atom stereocenters. The van der Waals surface area contributed by atoms with Gasteiger partial charge in [-0.1, -0.05) is 18.6 Å². The summed E-state index contributed by atoms with van der Waals surface area (Å²) < 4.78 is 0. The largest absolute Gasteiger partial charge is 0.273 e. The Bertz CT molecular complexity index is 564. The molecule has 0 atom stereocenters. The normalized spacial score (nSPS) is 19.0. The molecule has 0 bridgehead atoms. The number of hydrogen-bond donors (Lipinski definition) is 0. The van der Waals surface area contributed by atoms with Gasteiger partial charge in [-0.3, -0.25) is 4.79 Å². The van der Waals surface area contributed by atoms with Gasteiger partial charge in [0.2, 0.25) is 5.91 Å². The summed E-state index contributed by atoms with van der Waals surface area (Å²) in [6.45, 7) is 0.501. The van der Waals surface area contributed by atoms with Crippen molar-refractivity contribution in [3.63, 3.8) is 0 Å². The topological polar surface area (TPSA) is 56.5 Å². The van der Waals surface area contributed by atoms with Gasteiger partial charge in [-0.05, 0) is 36.5 Å². The Morgan fingerprint density at radius 1 is 1.32 bits per heavy atom. The standard InChI is InChI=1S/C15H15N3O/c16-9-11-4-6-12(7-5-11)10-18-15(19)8-14(17-18)13-2-1-3-13/h4-7,13H,1-3,8,10H2. The van der Waals surface area contributed by atoms with Crippen LogP contribution in [0.25, 0.3) is 0 Å². The van der Waals surface area contributed by atoms with Crippen LogP contribution in [0, 0.1) is 17.2 Å². The van der Waals surface area contributed by atoms with Gasteiger partial charge in [-0.15, -0.1) is 0 Å². The monoisotopic (exact) mass is 253 g/mol. The third-order valence-corrected chi connectivity index (χ3v) is 3.86. The Morgan fingerprint density at radius 3 is 2.63 bits per heavy atom. The molecular formula is C15H15N3O. The minimum absolute atomic E-state index is 0.0891. The van der Waals surface area contributed by atoms with Crippen LogP contribution in [0.2, 0.25) is 0 Å². The molecule has 1 saturated carbocycles. The lowest BCUT2D eigenvalue weighted by atomic mass is 9.81. The molecule has 1 amide bonds. The first-order chi connectivity index (χ1) is 9.26. The second kappa shape index (κ2) is 4.85. The summed E-state index contributed by atoms with van der Waals surface area (Å²) in [7, 11) is 0. The molecule has 0 aromatic heterocycles. The molecule has 1 aromatic rings. The van der Waals surface area contributed by atoms with Gasteiger partial charge >= 0.3 is 0 Å². The minimum Gasteiger partial charge on any atom is -0.273 e. The Kier molecular flexibility index (Phi) is 3.04. The highest BCUT2D eigenvalue weighted by Gasteiger charge is 2.31. The predicted molar refractivity (Wildman–Crippen MR) is 71.1 cm³/mol. The molecule has 0 spiro atoms. The summed E-state index contributed by atoms with van der Waals surface area (Å²) in [6, 6.07) is 9.38. The number of nitriles is 1. The zero-order chi connectivity index (χ0) is 13.2. The van der Waals surface area contributed by atoms with Crippen LogP contribution in [0.5, 0.6) is 0 Å². The number of hydrazone groups is 1. The molecule has 1 fully saturated rings. The van der Waals surface area contributed by atoms with Crippen LogP contribution >= 0.6 is 0 Å². The van der Waals surface area contributed by atoms with Crippen molar-refractivity contribution in [2.75, 3.05) is 0 Å². The third-order valence-electron chi connectivity index (χ3n) is 3.86. The fourth-order valence-electron chi connectivity index (χ4n) is 2.44. The third kappa shape index (κ3) is 2.37. The molecule has 0 N–H and O–H groups in total. The molecule has 1 aliphatic carbocycles. The molecule has 96 valence electrons. The lowest BCUT2D eigenvalue weighted by Gasteiger charge is -2.24. The summed E-state index contributed by atoms with van der Waals surface area (Å²) in [4.78, 5) is 11.9. The quantitative estimate of drug-likeness (QED) is 0.830. The van der Waals surface area contributed by atoms with Crippen LogP contribution < -0.4 is 0 Å². The molecule has 1 heterocycles. The van der Waals surface area contributed by atoms with Gasteiger partial charge in [0.15, 0.2) is 0 Å². The average molecular weight is 253 g/mol. The summed E-state index contributed by atoms with van der Waals surface area (Å²) in [5, 5.41) is 14.8. The maximum Gasteiger partial charge on any atom is 0.248 e. The van der Waals surface area contributed by atoms with E-state index in [1.165, 1.54) is 19.3 Å². The zero-order valence-electron chi connectivity index (χ0n) is 10.7. The highest BCUT2D eigenvalue weighted by atomic mass is 16.2. The molecule has 4 heteroatoms. The maximum absolute atomic E-state index is 11.9. The molecule has 1 aliphatic heterocycles. The van der Waals surface area contributed by atoms with Gasteiger partial charge in [0.1, 0.15) is 0 Å². The Hall–Kier alpha value is -2.15. The van der Waals surface area contributed by atoms with Crippen LogP contribution in [0.3, 0.4) is 0 Å². The first-order valence-corrected chi connectivity index (χ1v) is 6.63. The van der Waals surface area contributed by atoms with Crippen LogP contribution in [-0.2, 0) is 11.3 Å². The average Bonchev–Trinajstić information content (AvgIpc) is 2.69. The molecule has 0 saturated heterocycles. The van der Waals surface area contributed by atoms with E-state index < -0.39 is 0 Å². The van der Waals surface area contributed by atoms with Crippen molar-refractivity contribution in [1.29, 1.82) is 5.26 Å². The summed E-state index contributed by atoms with van der Waals surface area (Å²) in [6.07, 6.45) is 4.10. The smallest absolute Gasteiger partial charge is 0.248 e. The lowest BCUT2D eigenvalue weighted by Crippen LogP contribution is -2.21. The van der Waals surface area contributed by atoms with Crippen molar-refractivity contribution < 1.29 is 4.79 Å². The van der Waals surface area contributed by atoms with Crippen molar-refractivity contribution in [3.8, 4) is 6.07 Å². The maximum atomic E-state index is 11.9. The van der Waals surface area contributed by atoms with Gasteiger partial charge in [0.25, 0.3) is 0 Å². The minimum atomic E-state index is 0.0891. The fraction of sp³-hybridized carbons (Fsp3) is 0.400. The summed E-state index contributed by atoms with van der Waals surface area (Å²) in [5.74, 6) is 0.626. The van der Waals surface area contributed by atoms with Gasteiger partial charge in [-0.25, -0.2) is 5.01 Å². The summed E-state index contributed by atoms with van der Waals surface area (Å²) in [5.41, 5.74) is 2.70. The summed E-state index contributed by atoms with van der Waals surface area (Å²) >= 11 is 0. The van der Waals surface area contributed by atoms with Gasteiger partial charge in [0.05, 0.1) is 30.3 Å². The molecule has 3 rings (SSSR count). The van der Waals surface area contributed by atoms with Gasteiger partial charge < -0.3 is 0 Å². The van der Waals surface area contributed by atoms with E-state index in [2.05, 4.69) is 11.2 Å². The lowest BCUT2D eigenvalue weighted by molar-refractivity contribution is -0.129. The Labute approximate surface area is 112 Å². The molecule has 4 nitrogen and oxygen atoms in total. The van der Waals surface area contributed by atoms with E-state index >= 15 is 0 Å². The molecule has 2 aliphatic rings. The second-order valence-electron chi connectivity index (χ2n) is 5.16. The first-order valence-electron chi connectivity index (χ1n) is 6.63. The number of amides is 1. The highest BCUT2D eigenvalue weighted by Crippen LogP contribution is 2.31. The molecule has 1 aromatic carbocycles. The predicted octanol–water partition coefficient (Wildman–Crippen LogP) is 2.45. The number of rotatable bonds is 3. The Morgan fingerprint density at radius 2 is 2.05 bits per heavy atom. The van der Waals surface area contributed by atoms with Crippen LogP contribution in [-0.4, -0.2) is 16.6 Å². The van der Waals surface area contributed by atoms with Crippen molar-refractivity contribution in [2.24, 2.45) is 11.0 Å². The van der Waals surface area contributed by atoms with Gasteiger partial charge in [0, 0.05) is 0 Å². The zero-order valence-corrected chi connectivity index (χ0v) is 10.7. The van der Waals surface area contributed by atoms with Crippen molar-refractivity contribution in [3.05, 3.63) is 35.4 Å². The van der Waals surface area contributed by atoms with Crippen molar-refractivity contribution >= 4 is 11.6 Å². The van der Waals surface area contributed by atoms with E-state index in [1.807, 2.05) is 12.1 Å². The van der Waals surface area contributed by atoms with Crippen molar-refractivity contribution in [1.82, 2.24) is 5.01 Å². The van der Waals surface area contributed by atoms with Gasteiger partial charge in [-0.2, -0.15) is 10.4 Å². The fourth-order valence-corrected chi connectivity index (χ4v) is 2.44. The SMILES string of the molecule is N#Cc1ccc(CN2N=C(C3CCC3)CC2=O)cc1. The van der Waals surface area contributed by atoms with Crippen molar-refractivity contribution in [2.45, 2.75) is 32.2 Å². The number of carbonyl (C=O) groups is 1. The van der Waals surface area contributed by atoms with E-state index in [9.17, 15) is 4.79 Å². The number of benzene rings is 1. The molecule has 0 radical (unpaired) electrons. The van der Waals surface area contributed by atoms with E-state index in [0.717, 1.165) is 11.3 Å². The highest BCUT2D eigenvalue weighted by molar-refractivity contribution is 6.06. The molecular weight excluding hydrogens is 238 g/mol. The number of hydrogen-bond acceptors (Lipinski definition) is 3. The van der Waals surface area contributed by atoms with E-state index in [1.54, 1.807) is 17.1 Å². The first kappa shape index (κ1) is 11.9. The number of nitrogens with zero attached hydrogens (tertiary/aromatic N) is 3. The van der Waals surface area contributed by atoms with Crippen LogP contribution in [0.4, 0.5) is 0 Å². The molecule has 19 heavy (non-hydrogen) atoms. The van der Waals surface area contributed by atoms with E-state index in [4.69, 9.17) is 5.26 Å².